The average molecular weight is 226 g/mol. The predicted octanol–water partition coefficient (Wildman–Crippen LogP) is 0.743. The van der Waals surface area contributed by atoms with Crippen molar-refractivity contribution in [3.8, 4) is 0 Å². The van der Waals surface area contributed by atoms with E-state index in [1.807, 2.05) is 0 Å². The summed E-state index contributed by atoms with van der Waals surface area (Å²) in [6.45, 7) is 0. The van der Waals surface area contributed by atoms with Crippen LogP contribution in [0.5, 0.6) is 0 Å². The van der Waals surface area contributed by atoms with Crippen LogP contribution in [0.25, 0.3) is 0 Å². The average Bonchev–Trinajstić information content (AvgIpc) is 2.76. The van der Waals surface area contributed by atoms with Gasteiger partial charge in [-0.2, -0.15) is 0 Å². The molecule has 1 aliphatic rings. The number of aromatic nitrogens is 1. The van der Waals surface area contributed by atoms with Gasteiger partial charge in [0.05, 0.1) is 12.8 Å². The first-order valence-corrected chi connectivity index (χ1v) is 5.40. The summed E-state index contributed by atoms with van der Waals surface area (Å²) in [7, 11) is 1.17. The molecule has 1 aromatic rings. The minimum Gasteiger partial charge on any atom is -0.462 e. The van der Waals surface area contributed by atoms with Crippen molar-refractivity contribution in [2.75, 3.05) is 12.4 Å². The van der Waals surface area contributed by atoms with Crippen LogP contribution in [0.1, 0.15) is 17.0 Å². The number of aryl methyl sites for hydroxylation is 2. The van der Waals surface area contributed by atoms with Gasteiger partial charge in [0.25, 0.3) is 0 Å². The molecule has 1 amide bonds. The number of thiazole rings is 1. The normalized spacial score (nSPS) is 13.4. The van der Waals surface area contributed by atoms with Gasteiger partial charge in [-0.15, -0.1) is 11.3 Å². The molecule has 0 unspecified atom stereocenters. The topological polar surface area (TPSA) is 68.3 Å². The Labute approximate surface area is 90.5 Å². The van der Waals surface area contributed by atoms with E-state index in [4.69, 9.17) is 0 Å². The van der Waals surface area contributed by atoms with Gasteiger partial charge in [-0.3, -0.25) is 10.1 Å². The summed E-state index contributed by atoms with van der Waals surface area (Å²) in [4.78, 5) is 27.4. The highest BCUT2D eigenvalue weighted by molar-refractivity contribution is 7.16. The third-order valence-corrected chi connectivity index (χ3v) is 3.26. The van der Waals surface area contributed by atoms with Crippen LogP contribution in [-0.4, -0.2) is 24.0 Å². The van der Waals surface area contributed by atoms with Gasteiger partial charge in [0.15, 0.2) is 5.13 Å². The Bertz CT molecular complexity index is 392. The SMILES string of the molecule is COC(=O)C(=O)Nc1nc2c(s1)CCC2. The summed E-state index contributed by atoms with van der Waals surface area (Å²) in [5, 5.41) is 2.90. The second-order valence-corrected chi connectivity index (χ2v) is 4.27. The lowest BCUT2D eigenvalue weighted by Gasteiger charge is -1.98. The van der Waals surface area contributed by atoms with E-state index < -0.39 is 11.9 Å². The number of nitrogens with one attached hydrogen (secondary N) is 1. The van der Waals surface area contributed by atoms with Crippen LogP contribution in [0, 0.1) is 0 Å². The minimum absolute atomic E-state index is 0.482. The van der Waals surface area contributed by atoms with Gasteiger partial charge in [0.1, 0.15) is 0 Å². The molecule has 2 rings (SSSR count). The Kier molecular flexibility index (Phi) is 2.68. The Hall–Kier alpha value is -1.43. The first-order chi connectivity index (χ1) is 7.20. The van der Waals surface area contributed by atoms with Gasteiger partial charge in [0.2, 0.25) is 0 Å². The molecule has 0 atom stereocenters. The predicted molar refractivity (Wildman–Crippen MR) is 54.8 cm³/mol. The third-order valence-electron chi connectivity index (χ3n) is 2.19. The van der Waals surface area contributed by atoms with Crippen molar-refractivity contribution in [3.63, 3.8) is 0 Å². The third kappa shape index (κ3) is 1.99. The molecule has 0 saturated carbocycles. The minimum atomic E-state index is -0.898. The molecule has 0 aliphatic heterocycles. The van der Waals surface area contributed by atoms with Crippen molar-refractivity contribution in [1.29, 1.82) is 0 Å². The molecule has 1 aliphatic carbocycles. The van der Waals surface area contributed by atoms with Crippen LogP contribution in [0.15, 0.2) is 0 Å². The van der Waals surface area contributed by atoms with E-state index >= 15 is 0 Å². The molecule has 1 N–H and O–H groups in total. The van der Waals surface area contributed by atoms with Gasteiger partial charge in [-0.05, 0) is 19.3 Å². The molecule has 6 heteroatoms. The van der Waals surface area contributed by atoms with E-state index in [0.29, 0.717) is 5.13 Å². The zero-order valence-corrected chi connectivity index (χ0v) is 9.02. The molecule has 5 nitrogen and oxygen atoms in total. The number of fused-ring (bicyclic) bond motifs is 1. The number of methoxy groups -OCH3 is 1. The lowest BCUT2D eigenvalue weighted by molar-refractivity contribution is -0.150. The highest BCUT2D eigenvalue weighted by Gasteiger charge is 2.20. The number of hydrogen-bond acceptors (Lipinski definition) is 5. The molecule has 0 fully saturated rings. The quantitative estimate of drug-likeness (QED) is 0.566. The molecular weight excluding hydrogens is 216 g/mol. The molecule has 0 bridgehead atoms. The molecule has 15 heavy (non-hydrogen) atoms. The molecule has 1 aromatic heterocycles. The van der Waals surface area contributed by atoms with Crippen LogP contribution in [-0.2, 0) is 27.2 Å². The van der Waals surface area contributed by atoms with E-state index in [1.165, 1.54) is 23.3 Å². The Morgan fingerprint density at radius 3 is 2.93 bits per heavy atom. The number of anilines is 1. The maximum Gasteiger partial charge on any atom is 0.396 e. The molecule has 80 valence electrons. The fourth-order valence-corrected chi connectivity index (χ4v) is 2.53. The van der Waals surface area contributed by atoms with Crippen LogP contribution in [0.2, 0.25) is 0 Å². The molecule has 0 aromatic carbocycles. The van der Waals surface area contributed by atoms with E-state index in [1.54, 1.807) is 0 Å². The number of nitrogens with zero attached hydrogens (tertiary/aromatic N) is 1. The van der Waals surface area contributed by atoms with Crippen LogP contribution in [0.3, 0.4) is 0 Å². The lowest BCUT2D eigenvalue weighted by Crippen LogP contribution is -2.23. The largest absolute Gasteiger partial charge is 0.462 e. The number of carbonyl (C=O) groups is 2. The number of rotatable bonds is 1. The number of carbonyl (C=O) groups excluding carboxylic acids is 2. The van der Waals surface area contributed by atoms with E-state index in [9.17, 15) is 9.59 Å². The summed E-state index contributed by atoms with van der Waals surface area (Å²) in [6.07, 6.45) is 3.10. The maximum absolute atomic E-state index is 11.2. The zero-order chi connectivity index (χ0) is 10.8. The summed E-state index contributed by atoms with van der Waals surface area (Å²) in [5.74, 6) is -1.67. The van der Waals surface area contributed by atoms with Crippen molar-refractivity contribution in [2.24, 2.45) is 0 Å². The standard InChI is InChI=1S/C9H10N2O3S/c1-14-8(13)7(12)11-9-10-5-3-2-4-6(5)15-9/h2-4H2,1H3,(H,10,11,12). The Morgan fingerprint density at radius 1 is 1.47 bits per heavy atom. The first kappa shape index (κ1) is 10.1. The van der Waals surface area contributed by atoms with Crippen molar-refractivity contribution in [3.05, 3.63) is 10.6 Å². The highest BCUT2D eigenvalue weighted by atomic mass is 32.1. The number of hydrogen-bond donors (Lipinski definition) is 1. The second-order valence-electron chi connectivity index (χ2n) is 3.19. The van der Waals surface area contributed by atoms with Gasteiger partial charge >= 0.3 is 11.9 Å². The fraction of sp³-hybridized carbons (Fsp3) is 0.444. The van der Waals surface area contributed by atoms with Crippen molar-refractivity contribution >= 4 is 28.3 Å². The van der Waals surface area contributed by atoms with Crippen molar-refractivity contribution in [1.82, 2.24) is 4.98 Å². The summed E-state index contributed by atoms with van der Waals surface area (Å²) in [5.41, 5.74) is 1.04. The molecule has 1 heterocycles. The van der Waals surface area contributed by atoms with Gasteiger partial charge in [-0.1, -0.05) is 0 Å². The first-order valence-electron chi connectivity index (χ1n) is 4.58. The zero-order valence-electron chi connectivity index (χ0n) is 8.20. The fourth-order valence-electron chi connectivity index (χ4n) is 1.48. The number of esters is 1. The van der Waals surface area contributed by atoms with Gasteiger partial charge in [-0.25, -0.2) is 9.78 Å². The molecular formula is C9H10N2O3S. The van der Waals surface area contributed by atoms with Crippen molar-refractivity contribution in [2.45, 2.75) is 19.3 Å². The highest BCUT2D eigenvalue weighted by Crippen LogP contribution is 2.30. The van der Waals surface area contributed by atoms with Crippen LogP contribution in [0.4, 0.5) is 5.13 Å². The summed E-state index contributed by atoms with van der Waals surface area (Å²) in [6, 6.07) is 0. The monoisotopic (exact) mass is 226 g/mol. The molecule has 0 saturated heterocycles. The summed E-state index contributed by atoms with van der Waals surface area (Å²) < 4.78 is 4.29. The smallest absolute Gasteiger partial charge is 0.396 e. The van der Waals surface area contributed by atoms with E-state index in [0.717, 1.165) is 25.0 Å². The molecule has 0 spiro atoms. The van der Waals surface area contributed by atoms with Gasteiger partial charge < -0.3 is 4.74 Å². The number of ether oxygens (including phenoxy) is 1. The van der Waals surface area contributed by atoms with Crippen LogP contribution >= 0.6 is 11.3 Å². The Morgan fingerprint density at radius 2 is 2.27 bits per heavy atom. The van der Waals surface area contributed by atoms with E-state index in [-0.39, 0.29) is 0 Å². The van der Waals surface area contributed by atoms with Crippen LogP contribution < -0.4 is 5.32 Å². The lowest BCUT2D eigenvalue weighted by atomic mass is 10.4. The molecule has 0 radical (unpaired) electrons. The maximum atomic E-state index is 11.2. The summed E-state index contributed by atoms with van der Waals surface area (Å²) >= 11 is 1.43. The van der Waals surface area contributed by atoms with E-state index in [2.05, 4.69) is 15.0 Å². The van der Waals surface area contributed by atoms with Crippen molar-refractivity contribution < 1.29 is 14.3 Å². The number of amides is 1. The second kappa shape index (κ2) is 3.98. The van der Waals surface area contributed by atoms with Gasteiger partial charge in [0, 0.05) is 4.88 Å². The Balaban J connectivity index is 2.05.